The van der Waals surface area contributed by atoms with Gasteiger partial charge in [0.25, 0.3) is 0 Å². The molecule has 0 heterocycles. The van der Waals surface area contributed by atoms with Crippen LogP contribution < -0.4 is 0 Å². The van der Waals surface area contributed by atoms with Crippen LogP contribution in [0.4, 0.5) is 0 Å². The van der Waals surface area contributed by atoms with Crippen molar-refractivity contribution >= 4 is 11.9 Å². The average molecular weight is 407 g/mol. The predicted octanol–water partition coefficient (Wildman–Crippen LogP) is 7.36. The molecule has 4 nitrogen and oxygen atoms in total. The summed E-state index contributed by atoms with van der Waals surface area (Å²) >= 11 is 0. The van der Waals surface area contributed by atoms with Crippen LogP contribution in [0.1, 0.15) is 119 Å². The van der Waals surface area contributed by atoms with E-state index in [9.17, 15) is 9.59 Å². The van der Waals surface area contributed by atoms with Gasteiger partial charge in [-0.2, -0.15) is 0 Å². The number of benzene rings is 1. The molecule has 0 bridgehead atoms. The summed E-state index contributed by atoms with van der Waals surface area (Å²) in [5.74, 6) is -0.888. The fourth-order valence-corrected chi connectivity index (χ4v) is 3.09. The van der Waals surface area contributed by atoms with Crippen LogP contribution >= 0.6 is 0 Å². The van der Waals surface area contributed by atoms with Crippen LogP contribution in [-0.4, -0.2) is 25.2 Å². The van der Waals surface area contributed by atoms with Gasteiger partial charge in [0.05, 0.1) is 24.3 Å². The SMILES string of the molecule is C.CCCCCCCCOC(=O)c1ccccc1C(=O)OCCCCCCCC. The Labute approximate surface area is 178 Å². The molecule has 0 aliphatic heterocycles. The first-order valence-electron chi connectivity index (χ1n) is 11.1. The lowest BCUT2D eigenvalue weighted by atomic mass is 10.1. The lowest BCUT2D eigenvalue weighted by Crippen LogP contribution is -2.15. The van der Waals surface area contributed by atoms with Crippen molar-refractivity contribution in [1.82, 2.24) is 0 Å². The number of hydrogen-bond acceptors (Lipinski definition) is 4. The highest BCUT2D eigenvalue weighted by atomic mass is 16.5. The zero-order chi connectivity index (χ0) is 20.5. The normalized spacial score (nSPS) is 10.3. The van der Waals surface area contributed by atoms with Crippen molar-refractivity contribution in [3.8, 4) is 0 Å². The molecule has 0 spiro atoms. The molecule has 0 saturated heterocycles. The van der Waals surface area contributed by atoms with Gasteiger partial charge in [-0.1, -0.05) is 97.6 Å². The molecule has 4 heteroatoms. The van der Waals surface area contributed by atoms with Crippen LogP contribution in [0.25, 0.3) is 0 Å². The number of hydrogen-bond donors (Lipinski definition) is 0. The van der Waals surface area contributed by atoms with Crippen LogP contribution in [0.2, 0.25) is 0 Å². The van der Waals surface area contributed by atoms with Crippen LogP contribution in [0.5, 0.6) is 0 Å². The summed E-state index contributed by atoms with van der Waals surface area (Å²) in [6, 6.07) is 6.74. The third-order valence-corrected chi connectivity index (χ3v) is 4.83. The Kier molecular flexibility index (Phi) is 17.1. The number of ether oxygens (including phenoxy) is 2. The van der Waals surface area contributed by atoms with Crippen molar-refractivity contribution in [2.45, 2.75) is 98.3 Å². The molecule has 0 N–H and O–H groups in total. The monoisotopic (exact) mass is 406 g/mol. The lowest BCUT2D eigenvalue weighted by molar-refractivity contribution is 0.0450. The van der Waals surface area contributed by atoms with Crippen molar-refractivity contribution in [1.29, 1.82) is 0 Å². The van der Waals surface area contributed by atoms with Gasteiger partial charge in [0.1, 0.15) is 0 Å². The van der Waals surface area contributed by atoms with E-state index < -0.39 is 11.9 Å². The molecule has 0 aromatic heterocycles. The molecule has 166 valence electrons. The number of esters is 2. The summed E-state index contributed by atoms with van der Waals surface area (Å²) in [6.45, 7) is 5.17. The largest absolute Gasteiger partial charge is 0.462 e. The van der Waals surface area contributed by atoms with Crippen molar-refractivity contribution in [3.63, 3.8) is 0 Å². The summed E-state index contributed by atoms with van der Waals surface area (Å²) in [7, 11) is 0. The summed E-state index contributed by atoms with van der Waals surface area (Å²) in [5.41, 5.74) is 0.586. The highest BCUT2D eigenvalue weighted by Crippen LogP contribution is 2.14. The van der Waals surface area contributed by atoms with Gasteiger partial charge in [0, 0.05) is 0 Å². The maximum Gasteiger partial charge on any atom is 0.339 e. The van der Waals surface area contributed by atoms with Gasteiger partial charge in [-0.25, -0.2) is 9.59 Å². The molecule has 1 aromatic rings. The van der Waals surface area contributed by atoms with Gasteiger partial charge >= 0.3 is 11.9 Å². The lowest BCUT2D eigenvalue weighted by Gasteiger charge is -2.10. The summed E-state index contributed by atoms with van der Waals surface area (Å²) in [6.07, 6.45) is 13.6. The van der Waals surface area contributed by atoms with E-state index in [0.717, 1.165) is 25.7 Å². The van der Waals surface area contributed by atoms with Crippen molar-refractivity contribution in [3.05, 3.63) is 35.4 Å². The number of unbranched alkanes of at least 4 members (excludes halogenated alkanes) is 10. The van der Waals surface area contributed by atoms with Gasteiger partial charge < -0.3 is 9.47 Å². The third kappa shape index (κ3) is 12.4. The number of carbonyl (C=O) groups is 2. The standard InChI is InChI=1S/C24H38O4.CH4/c1-3-5-7-9-11-15-19-27-23(25)21-17-13-14-18-22(21)24(26)28-20-16-12-10-8-6-4-2;/h13-14,17-18H,3-12,15-16,19-20H2,1-2H3;1H4. The second-order valence-electron chi connectivity index (χ2n) is 7.35. The van der Waals surface area contributed by atoms with E-state index >= 15 is 0 Å². The first-order chi connectivity index (χ1) is 13.7. The fourth-order valence-electron chi connectivity index (χ4n) is 3.09. The van der Waals surface area contributed by atoms with Gasteiger partial charge in [-0.15, -0.1) is 0 Å². The molecule has 0 aliphatic rings. The molecule has 0 amide bonds. The van der Waals surface area contributed by atoms with E-state index in [0.29, 0.717) is 24.3 Å². The molecule has 0 atom stereocenters. The Morgan fingerprint density at radius 3 is 1.34 bits per heavy atom. The molecule has 0 aliphatic carbocycles. The van der Waals surface area contributed by atoms with E-state index in [1.54, 1.807) is 24.3 Å². The van der Waals surface area contributed by atoms with E-state index in [1.165, 1.54) is 51.4 Å². The number of carbonyl (C=O) groups excluding carboxylic acids is 2. The molecular weight excluding hydrogens is 364 g/mol. The van der Waals surface area contributed by atoms with Crippen LogP contribution in [0.15, 0.2) is 24.3 Å². The first kappa shape index (κ1) is 27.2. The topological polar surface area (TPSA) is 52.6 Å². The summed E-state index contributed by atoms with van der Waals surface area (Å²) in [5, 5.41) is 0. The highest BCUT2D eigenvalue weighted by Gasteiger charge is 2.18. The molecule has 0 radical (unpaired) electrons. The Hall–Kier alpha value is -1.84. The van der Waals surface area contributed by atoms with Gasteiger partial charge in [0.15, 0.2) is 0 Å². The zero-order valence-corrected chi connectivity index (χ0v) is 17.8. The molecule has 1 aromatic carbocycles. The Bertz CT molecular complexity index is 505. The van der Waals surface area contributed by atoms with Gasteiger partial charge in [-0.05, 0) is 25.0 Å². The molecular formula is C25H42O4. The minimum atomic E-state index is -0.444. The average Bonchev–Trinajstić information content (AvgIpc) is 2.72. The predicted molar refractivity (Wildman–Crippen MR) is 120 cm³/mol. The first-order valence-corrected chi connectivity index (χ1v) is 11.1. The van der Waals surface area contributed by atoms with E-state index in [1.807, 2.05) is 0 Å². The van der Waals surface area contributed by atoms with Crippen molar-refractivity contribution in [2.24, 2.45) is 0 Å². The van der Waals surface area contributed by atoms with E-state index in [2.05, 4.69) is 13.8 Å². The minimum absolute atomic E-state index is 0. The van der Waals surface area contributed by atoms with Crippen molar-refractivity contribution < 1.29 is 19.1 Å². The Morgan fingerprint density at radius 1 is 0.621 bits per heavy atom. The molecule has 1 rings (SSSR count). The van der Waals surface area contributed by atoms with Crippen LogP contribution in [0, 0.1) is 0 Å². The summed E-state index contributed by atoms with van der Waals surface area (Å²) < 4.78 is 10.7. The molecule has 29 heavy (non-hydrogen) atoms. The second kappa shape index (κ2) is 18.2. The van der Waals surface area contributed by atoms with Crippen molar-refractivity contribution in [2.75, 3.05) is 13.2 Å². The third-order valence-electron chi connectivity index (χ3n) is 4.83. The molecule has 0 saturated carbocycles. The van der Waals surface area contributed by atoms with E-state index in [-0.39, 0.29) is 7.43 Å². The van der Waals surface area contributed by atoms with Gasteiger partial charge in [-0.3, -0.25) is 0 Å². The maximum atomic E-state index is 12.4. The Morgan fingerprint density at radius 2 is 0.966 bits per heavy atom. The maximum absolute atomic E-state index is 12.4. The summed E-state index contributed by atoms with van der Waals surface area (Å²) in [4.78, 5) is 24.7. The zero-order valence-electron chi connectivity index (χ0n) is 17.8. The smallest absolute Gasteiger partial charge is 0.339 e. The second-order valence-corrected chi connectivity index (χ2v) is 7.35. The minimum Gasteiger partial charge on any atom is -0.462 e. The molecule has 0 fully saturated rings. The van der Waals surface area contributed by atoms with Crippen LogP contribution in [0.3, 0.4) is 0 Å². The van der Waals surface area contributed by atoms with Gasteiger partial charge in [0.2, 0.25) is 0 Å². The fraction of sp³-hybridized carbons (Fsp3) is 0.680. The van der Waals surface area contributed by atoms with Crippen LogP contribution in [-0.2, 0) is 9.47 Å². The molecule has 0 unspecified atom stereocenters. The van der Waals surface area contributed by atoms with E-state index in [4.69, 9.17) is 9.47 Å². The number of rotatable bonds is 16. The quantitative estimate of drug-likeness (QED) is 0.212. The Balaban J connectivity index is 0.00000784. The highest BCUT2D eigenvalue weighted by molar-refractivity contribution is 6.03.